The molecule has 2 heteroatoms. The van der Waals surface area contributed by atoms with Crippen molar-refractivity contribution in [1.82, 2.24) is 0 Å². The van der Waals surface area contributed by atoms with Crippen LogP contribution in [0.3, 0.4) is 0 Å². The third kappa shape index (κ3) is 1.94. The monoisotopic (exact) mass is 228 g/mol. The number of aliphatic hydroxyl groups excluding tert-OH is 1. The summed E-state index contributed by atoms with van der Waals surface area (Å²) < 4.78 is 5.73. The topological polar surface area (TPSA) is 29.5 Å². The average Bonchev–Trinajstić information content (AvgIpc) is 2.86. The fourth-order valence-corrected chi connectivity index (χ4v) is 2.57. The highest BCUT2D eigenvalue weighted by Gasteiger charge is 2.28. The third-order valence-electron chi connectivity index (χ3n) is 3.55. The lowest BCUT2D eigenvalue weighted by molar-refractivity contribution is 0.0721. The fourth-order valence-electron chi connectivity index (χ4n) is 2.57. The molecule has 88 valence electrons. The summed E-state index contributed by atoms with van der Waals surface area (Å²) in [5, 5.41) is 11.8. The molecule has 1 heterocycles. The van der Waals surface area contributed by atoms with Crippen LogP contribution in [-0.2, 0) is 4.74 Å². The maximum absolute atomic E-state index is 9.33. The lowest BCUT2D eigenvalue weighted by Crippen LogP contribution is -2.11. The smallest absolute Gasteiger partial charge is 0.0876 e. The Morgan fingerprint density at radius 2 is 1.94 bits per heavy atom. The molecule has 2 nitrogen and oxygen atoms in total. The van der Waals surface area contributed by atoms with Crippen molar-refractivity contribution in [3.05, 3.63) is 48.0 Å². The van der Waals surface area contributed by atoms with E-state index in [4.69, 9.17) is 4.74 Å². The highest BCUT2D eigenvalue weighted by atomic mass is 16.5. The molecule has 0 amide bonds. The van der Waals surface area contributed by atoms with Crippen LogP contribution < -0.4 is 0 Å². The molecular weight excluding hydrogens is 212 g/mol. The predicted molar refractivity (Wildman–Crippen MR) is 67.8 cm³/mol. The van der Waals surface area contributed by atoms with E-state index in [0.29, 0.717) is 0 Å². The molecule has 1 aliphatic rings. The van der Waals surface area contributed by atoms with Gasteiger partial charge in [0.05, 0.1) is 6.10 Å². The van der Waals surface area contributed by atoms with E-state index < -0.39 is 0 Å². The van der Waals surface area contributed by atoms with Crippen LogP contribution in [0.5, 0.6) is 0 Å². The number of hydrogen-bond donors (Lipinski definition) is 1. The largest absolute Gasteiger partial charge is 0.396 e. The molecule has 0 aromatic heterocycles. The molecule has 0 bridgehead atoms. The molecule has 1 saturated heterocycles. The van der Waals surface area contributed by atoms with E-state index in [1.165, 1.54) is 16.3 Å². The predicted octanol–water partition coefficient (Wildman–Crippen LogP) is 2.91. The Kier molecular flexibility index (Phi) is 2.83. The fraction of sp³-hybridized carbons (Fsp3) is 0.333. The first-order chi connectivity index (χ1) is 8.38. The standard InChI is InChI=1S/C15H16O2/c16-10-14-7-8-17-15(14)13-6-5-11-3-1-2-4-12(11)9-13/h1-6,9,14-16H,7-8,10H2. The highest BCUT2D eigenvalue weighted by Crippen LogP contribution is 2.35. The lowest BCUT2D eigenvalue weighted by Gasteiger charge is -2.17. The van der Waals surface area contributed by atoms with Gasteiger partial charge in [-0.3, -0.25) is 0 Å². The third-order valence-corrected chi connectivity index (χ3v) is 3.55. The zero-order valence-corrected chi connectivity index (χ0v) is 9.67. The molecule has 2 aromatic carbocycles. The van der Waals surface area contributed by atoms with E-state index in [1.54, 1.807) is 0 Å². The number of fused-ring (bicyclic) bond motifs is 1. The van der Waals surface area contributed by atoms with Gasteiger partial charge in [0.15, 0.2) is 0 Å². The molecule has 0 spiro atoms. The Balaban J connectivity index is 2.00. The van der Waals surface area contributed by atoms with Gasteiger partial charge in [0, 0.05) is 19.1 Å². The molecule has 0 aliphatic carbocycles. The van der Waals surface area contributed by atoms with Gasteiger partial charge >= 0.3 is 0 Å². The molecule has 0 saturated carbocycles. The summed E-state index contributed by atoms with van der Waals surface area (Å²) in [4.78, 5) is 0. The van der Waals surface area contributed by atoms with Crippen LogP contribution in [0.4, 0.5) is 0 Å². The Bertz CT molecular complexity index is 521. The maximum atomic E-state index is 9.33. The van der Waals surface area contributed by atoms with Gasteiger partial charge < -0.3 is 9.84 Å². The van der Waals surface area contributed by atoms with Gasteiger partial charge in [0.1, 0.15) is 0 Å². The van der Waals surface area contributed by atoms with Crippen molar-refractivity contribution in [2.75, 3.05) is 13.2 Å². The van der Waals surface area contributed by atoms with Gasteiger partial charge in [0.2, 0.25) is 0 Å². The summed E-state index contributed by atoms with van der Waals surface area (Å²) in [5.41, 5.74) is 1.18. The van der Waals surface area contributed by atoms with E-state index in [1.807, 2.05) is 12.1 Å². The van der Waals surface area contributed by atoms with Gasteiger partial charge in [0.25, 0.3) is 0 Å². The summed E-state index contributed by atoms with van der Waals surface area (Å²) in [5.74, 6) is 0.246. The average molecular weight is 228 g/mol. The molecular formula is C15H16O2. The molecule has 3 rings (SSSR count). The van der Waals surface area contributed by atoms with Gasteiger partial charge in [-0.1, -0.05) is 36.4 Å². The summed E-state index contributed by atoms with van der Waals surface area (Å²) in [6.07, 6.45) is 1.01. The second kappa shape index (κ2) is 4.47. The number of rotatable bonds is 2. The summed E-state index contributed by atoms with van der Waals surface area (Å²) in [7, 11) is 0. The number of ether oxygens (including phenoxy) is 1. The van der Waals surface area contributed by atoms with Crippen LogP contribution in [0, 0.1) is 5.92 Å². The number of hydrogen-bond acceptors (Lipinski definition) is 2. The summed E-state index contributed by atoms with van der Waals surface area (Å²) >= 11 is 0. The molecule has 0 radical (unpaired) electrons. The highest BCUT2D eigenvalue weighted by molar-refractivity contribution is 5.83. The normalized spacial score (nSPS) is 24.3. The van der Waals surface area contributed by atoms with Crippen LogP contribution in [-0.4, -0.2) is 18.3 Å². The Hall–Kier alpha value is -1.38. The zero-order chi connectivity index (χ0) is 11.7. The van der Waals surface area contributed by atoms with E-state index in [2.05, 4.69) is 30.3 Å². The van der Waals surface area contributed by atoms with E-state index in [9.17, 15) is 5.11 Å². The molecule has 2 unspecified atom stereocenters. The van der Waals surface area contributed by atoms with Crippen LogP contribution in [0.25, 0.3) is 10.8 Å². The van der Waals surface area contributed by atoms with Crippen molar-refractivity contribution in [3.8, 4) is 0 Å². The minimum atomic E-state index is 0.0598. The van der Waals surface area contributed by atoms with E-state index in [-0.39, 0.29) is 18.6 Å². The molecule has 2 aromatic rings. The van der Waals surface area contributed by atoms with Crippen molar-refractivity contribution >= 4 is 10.8 Å². The molecule has 1 N–H and O–H groups in total. The van der Waals surface area contributed by atoms with Gasteiger partial charge in [-0.05, 0) is 28.8 Å². The molecule has 1 fully saturated rings. The summed E-state index contributed by atoms with van der Waals surface area (Å²) in [6, 6.07) is 14.7. The van der Waals surface area contributed by atoms with Gasteiger partial charge in [-0.25, -0.2) is 0 Å². The first-order valence-electron chi connectivity index (χ1n) is 6.09. The Morgan fingerprint density at radius 3 is 2.76 bits per heavy atom. The van der Waals surface area contributed by atoms with Crippen molar-refractivity contribution in [1.29, 1.82) is 0 Å². The van der Waals surface area contributed by atoms with Crippen LogP contribution in [0.2, 0.25) is 0 Å². The van der Waals surface area contributed by atoms with Crippen LogP contribution >= 0.6 is 0 Å². The molecule has 1 aliphatic heterocycles. The quantitative estimate of drug-likeness (QED) is 0.856. The van der Waals surface area contributed by atoms with Crippen molar-refractivity contribution in [2.24, 2.45) is 5.92 Å². The second-order valence-electron chi connectivity index (χ2n) is 4.63. The van der Waals surface area contributed by atoms with Crippen molar-refractivity contribution in [3.63, 3.8) is 0 Å². The van der Waals surface area contributed by atoms with Crippen LogP contribution in [0.15, 0.2) is 42.5 Å². The number of benzene rings is 2. The number of aliphatic hydroxyl groups is 1. The first kappa shape index (κ1) is 10.8. The van der Waals surface area contributed by atoms with Gasteiger partial charge in [-0.2, -0.15) is 0 Å². The minimum absolute atomic E-state index is 0.0598. The SMILES string of the molecule is OCC1CCOC1c1ccc2ccccc2c1. The summed E-state index contributed by atoms with van der Waals surface area (Å²) in [6.45, 7) is 0.959. The van der Waals surface area contributed by atoms with E-state index >= 15 is 0 Å². The lowest BCUT2D eigenvalue weighted by atomic mass is 9.94. The second-order valence-corrected chi connectivity index (χ2v) is 4.63. The first-order valence-corrected chi connectivity index (χ1v) is 6.09. The Labute approximate surface area is 101 Å². The molecule has 17 heavy (non-hydrogen) atoms. The molecule has 2 atom stereocenters. The van der Waals surface area contributed by atoms with Crippen LogP contribution in [0.1, 0.15) is 18.1 Å². The van der Waals surface area contributed by atoms with Crippen molar-refractivity contribution < 1.29 is 9.84 Å². The maximum Gasteiger partial charge on any atom is 0.0876 e. The van der Waals surface area contributed by atoms with Gasteiger partial charge in [-0.15, -0.1) is 0 Å². The Morgan fingerprint density at radius 1 is 1.12 bits per heavy atom. The van der Waals surface area contributed by atoms with Crippen molar-refractivity contribution in [2.45, 2.75) is 12.5 Å². The minimum Gasteiger partial charge on any atom is -0.396 e. The van der Waals surface area contributed by atoms with E-state index in [0.717, 1.165) is 13.0 Å². The zero-order valence-electron chi connectivity index (χ0n) is 9.67.